The minimum absolute atomic E-state index is 0.147. The molecule has 0 bridgehead atoms. The second kappa shape index (κ2) is 7.88. The second-order valence-electron chi connectivity index (χ2n) is 6.82. The molecule has 1 aliphatic rings. The third kappa shape index (κ3) is 4.75. The maximum absolute atomic E-state index is 13.2. The van der Waals surface area contributed by atoms with E-state index in [1.165, 1.54) is 12.1 Å². The summed E-state index contributed by atoms with van der Waals surface area (Å²) in [5.41, 5.74) is 0.886. The van der Waals surface area contributed by atoms with Crippen molar-refractivity contribution in [3.8, 4) is 0 Å². The fourth-order valence-corrected chi connectivity index (χ4v) is 3.07. The molecule has 2 rings (SSSR count). The molecule has 0 aliphatic carbocycles. The predicted octanol–water partition coefficient (Wildman–Crippen LogP) is 2.02. The summed E-state index contributed by atoms with van der Waals surface area (Å²) in [6.45, 7) is 8.37. The molecule has 1 fully saturated rings. The van der Waals surface area contributed by atoms with Gasteiger partial charge in [0.05, 0.1) is 5.92 Å². The number of nitrogens with zero attached hydrogens (tertiary/aromatic N) is 3. The van der Waals surface area contributed by atoms with Crippen LogP contribution in [0.2, 0.25) is 0 Å². The van der Waals surface area contributed by atoms with Gasteiger partial charge in [-0.05, 0) is 45.6 Å². The largest absolute Gasteiger partial charge is 0.340 e. The number of carbonyl (C=O) groups is 1. The molecule has 0 spiro atoms. The molecule has 1 aromatic carbocycles. The quantitative estimate of drug-likeness (QED) is 0.830. The van der Waals surface area contributed by atoms with E-state index in [-0.39, 0.29) is 17.6 Å². The maximum atomic E-state index is 13.2. The Balaban J connectivity index is 2.10. The van der Waals surface area contributed by atoms with Crippen molar-refractivity contribution >= 4 is 5.91 Å². The van der Waals surface area contributed by atoms with Crippen LogP contribution in [-0.4, -0.2) is 73.5 Å². The number of benzene rings is 1. The predicted molar refractivity (Wildman–Crippen MR) is 91.0 cm³/mol. The molecule has 1 unspecified atom stereocenters. The molecule has 1 atom stereocenters. The van der Waals surface area contributed by atoms with Crippen LogP contribution in [0.3, 0.4) is 0 Å². The summed E-state index contributed by atoms with van der Waals surface area (Å²) >= 11 is 0. The van der Waals surface area contributed by atoms with Gasteiger partial charge in [-0.15, -0.1) is 0 Å². The second-order valence-corrected chi connectivity index (χ2v) is 6.82. The Labute approximate surface area is 138 Å². The van der Waals surface area contributed by atoms with Gasteiger partial charge in [-0.1, -0.05) is 12.1 Å². The number of hydrogen-bond acceptors (Lipinski definition) is 3. The van der Waals surface area contributed by atoms with Crippen LogP contribution in [0.25, 0.3) is 0 Å². The van der Waals surface area contributed by atoms with Crippen LogP contribution >= 0.6 is 0 Å². The van der Waals surface area contributed by atoms with Gasteiger partial charge < -0.3 is 9.80 Å². The maximum Gasteiger partial charge on any atom is 0.231 e. The van der Waals surface area contributed by atoms with Gasteiger partial charge in [0.15, 0.2) is 0 Å². The molecule has 128 valence electrons. The molecule has 0 saturated carbocycles. The fraction of sp³-hybridized carbons (Fsp3) is 0.611. The molecule has 23 heavy (non-hydrogen) atoms. The Bertz CT molecular complexity index is 508. The topological polar surface area (TPSA) is 26.8 Å². The van der Waals surface area contributed by atoms with E-state index >= 15 is 0 Å². The Morgan fingerprint density at radius 2 is 1.70 bits per heavy atom. The van der Waals surface area contributed by atoms with Gasteiger partial charge >= 0.3 is 0 Å². The smallest absolute Gasteiger partial charge is 0.231 e. The molecule has 0 N–H and O–H groups in total. The molecule has 1 aromatic rings. The molecule has 1 heterocycles. The minimum atomic E-state index is -0.268. The zero-order valence-corrected chi connectivity index (χ0v) is 14.6. The average Bonchev–Trinajstić information content (AvgIpc) is 2.53. The molecular formula is C18H28FN3O. The average molecular weight is 321 g/mol. The lowest BCUT2D eigenvalue weighted by atomic mass is 9.96. The highest BCUT2D eigenvalue weighted by Crippen LogP contribution is 2.21. The lowest BCUT2D eigenvalue weighted by Gasteiger charge is -2.38. The first-order chi connectivity index (χ1) is 10.9. The first-order valence-corrected chi connectivity index (χ1v) is 8.31. The monoisotopic (exact) mass is 321 g/mol. The standard InChI is InChI=1S/C18H28FN3O/c1-14(2)21-9-11-22(12-10-21)18(23)17(13-20(3)4)15-5-7-16(19)8-6-15/h5-8,14,17H,9-13H2,1-4H3. The van der Waals surface area contributed by atoms with E-state index in [1.807, 2.05) is 23.9 Å². The SMILES string of the molecule is CC(C)N1CCN(C(=O)C(CN(C)C)c2ccc(F)cc2)CC1. The van der Waals surface area contributed by atoms with Gasteiger partial charge in [-0.2, -0.15) is 0 Å². The lowest BCUT2D eigenvalue weighted by molar-refractivity contribution is -0.135. The number of carbonyl (C=O) groups excluding carboxylic acids is 1. The Morgan fingerprint density at radius 3 is 2.17 bits per heavy atom. The van der Waals surface area contributed by atoms with Gasteiger partial charge in [0.2, 0.25) is 5.91 Å². The van der Waals surface area contributed by atoms with Gasteiger partial charge in [0, 0.05) is 38.8 Å². The summed E-state index contributed by atoms with van der Waals surface area (Å²) in [5, 5.41) is 0. The molecule has 0 radical (unpaired) electrons. The molecule has 1 amide bonds. The van der Waals surface area contributed by atoms with E-state index in [0.717, 1.165) is 31.7 Å². The normalized spacial score (nSPS) is 17.8. The van der Waals surface area contributed by atoms with Crippen molar-refractivity contribution in [3.63, 3.8) is 0 Å². The number of likely N-dealkylation sites (N-methyl/N-ethyl adjacent to an activating group) is 1. The van der Waals surface area contributed by atoms with E-state index in [2.05, 4.69) is 18.7 Å². The minimum Gasteiger partial charge on any atom is -0.340 e. The zero-order chi connectivity index (χ0) is 17.0. The highest BCUT2D eigenvalue weighted by Gasteiger charge is 2.29. The number of halogens is 1. The summed E-state index contributed by atoms with van der Waals surface area (Å²) in [6, 6.07) is 6.84. The van der Waals surface area contributed by atoms with Crippen molar-refractivity contribution in [3.05, 3.63) is 35.6 Å². The van der Waals surface area contributed by atoms with Crippen molar-refractivity contribution in [1.29, 1.82) is 0 Å². The fourth-order valence-electron chi connectivity index (χ4n) is 3.07. The third-order valence-corrected chi connectivity index (χ3v) is 4.47. The van der Waals surface area contributed by atoms with E-state index in [0.29, 0.717) is 12.6 Å². The van der Waals surface area contributed by atoms with E-state index in [1.54, 1.807) is 12.1 Å². The lowest BCUT2D eigenvalue weighted by Crippen LogP contribution is -2.52. The van der Waals surface area contributed by atoms with Crippen molar-refractivity contribution in [2.45, 2.75) is 25.8 Å². The molecule has 1 saturated heterocycles. The van der Waals surface area contributed by atoms with Crippen molar-refractivity contribution in [2.75, 3.05) is 46.8 Å². The molecule has 1 aliphatic heterocycles. The summed E-state index contributed by atoms with van der Waals surface area (Å²) < 4.78 is 13.2. The van der Waals surface area contributed by atoms with Crippen molar-refractivity contribution < 1.29 is 9.18 Å². The summed E-state index contributed by atoms with van der Waals surface area (Å²) in [7, 11) is 3.92. The van der Waals surface area contributed by atoms with Crippen molar-refractivity contribution in [2.24, 2.45) is 0 Å². The third-order valence-electron chi connectivity index (χ3n) is 4.47. The number of piperazine rings is 1. The van der Waals surface area contributed by atoms with Crippen LogP contribution in [0.5, 0.6) is 0 Å². The van der Waals surface area contributed by atoms with Gasteiger partial charge in [-0.25, -0.2) is 4.39 Å². The summed E-state index contributed by atoms with van der Waals surface area (Å²) in [6.07, 6.45) is 0. The van der Waals surface area contributed by atoms with Crippen LogP contribution in [0, 0.1) is 5.82 Å². The van der Waals surface area contributed by atoms with E-state index in [9.17, 15) is 9.18 Å². The highest BCUT2D eigenvalue weighted by atomic mass is 19.1. The Kier molecular flexibility index (Phi) is 6.13. The van der Waals surface area contributed by atoms with E-state index in [4.69, 9.17) is 0 Å². The van der Waals surface area contributed by atoms with Crippen LogP contribution in [-0.2, 0) is 4.79 Å². The summed E-state index contributed by atoms with van der Waals surface area (Å²) in [4.78, 5) is 19.3. The Morgan fingerprint density at radius 1 is 1.13 bits per heavy atom. The van der Waals surface area contributed by atoms with Gasteiger partial charge in [0.25, 0.3) is 0 Å². The Hall–Kier alpha value is -1.46. The van der Waals surface area contributed by atoms with Gasteiger partial charge in [0.1, 0.15) is 5.82 Å². The number of hydrogen-bond donors (Lipinski definition) is 0. The van der Waals surface area contributed by atoms with Crippen LogP contribution in [0.4, 0.5) is 4.39 Å². The number of amides is 1. The first kappa shape index (κ1) is 17.9. The number of rotatable bonds is 5. The first-order valence-electron chi connectivity index (χ1n) is 8.31. The zero-order valence-electron chi connectivity index (χ0n) is 14.6. The molecular weight excluding hydrogens is 293 g/mol. The van der Waals surface area contributed by atoms with Crippen LogP contribution in [0.15, 0.2) is 24.3 Å². The molecule has 4 nitrogen and oxygen atoms in total. The van der Waals surface area contributed by atoms with E-state index < -0.39 is 0 Å². The van der Waals surface area contributed by atoms with Gasteiger partial charge in [-0.3, -0.25) is 9.69 Å². The van der Waals surface area contributed by atoms with Crippen molar-refractivity contribution in [1.82, 2.24) is 14.7 Å². The van der Waals surface area contributed by atoms with Crippen LogP contribution in [0.1, 0.15) is 25.3 Å². The summed E-state index contributed by atoms with van der Waals surface area (Å²) in [5.74, 6) is -0.361. The molecule has 0 aromatic heterocycles. The molecule has 5 heteroatoms. The highest BCUT2D eigenvalue weighted by molar-refractivity contribution is 5.84. The van der Waals surface area contributed by atoms with Crippen LogP contribution < -0.4 is 0 Å².